The number of nitrogens with two attached hydrogens (primary N) is 1. The van der Waals surface area contributed by atoms with Gasteiger partial charge in [-0.15, -0.1) is 0 Å². The molecule has 9 nitrogen and oxygen atoms in total. The van der Waals surface area contributed by atoms with Crippen LogP contribution in [-0.4, -0.2) is 43.5 Å². The topological polar surface area (TPSA) is 150 Å². The van der Waals surface area contributed by atoms with Gasteiger partial charge in [0.2, 0.25) is 5.91 Å². The summed E-state index contributed by atoms with van der Waals surface area (Å²) in [6.45, 7) is 0. The molecule has 4 aromatic carbocycles. The highest BCUT2D eigenvalue weighted by Crippen LogP contribution is 2.31. The molecule has 234 valence electrons. The van der Waals surface area contributed by atoms with Gasteiger partial charge in [0.05, 0.1) is 28.3 Å². The van der Waals surface area contributed by atoms with Gasteiger partial charge in [-0.2, -0.15) is 13.2 Å². The summed E-state index contributed by atoms with van der Waals surface area (Å²) >= 11 is 0. The Morgan fingerprint density at radius 2 is 1.70 bits per heavy atom. The summed E-state index contributed by atoms with van der Waals surface area (Å²) in [6, 6.07) is 27.4. The highest BCUT2D eigenvalue weighted by Gasteiger charge is 2.38. The van der Waals surface area contributed by atoms with E-state index in [9.17, 15) is 18.0 Å². The lowest BCUT2D eigenvalue weighted by molar-refractivity contribution is -0.192. The first-order valence-electron chi connectivity index (χ1n) is 13.7. The van der Waals surface area contributed by atoms with E-state index >= 15 is 4.39 Å². The number of aromatic nitrogens is 3. The number of hydrogen-bond acceptors (Lipinski definition) is 4. The summed E-state index contributed by atoms with van der Waals surface area (Å²) in [5, 5.41) is 18.6. The van der Waals surface area contributed by atoms with Crippen LogP contribution in [0.2, 0.25) is 0 Å². The minimum Gasteiger partial charge on any atom is -0.475 e. The smallest absolute Gasteiger partial charge is 0.475 e. The second-order valence-electron chi connectivity index (χ2n) is 10.2. The number of amidine groups is 1. The van der Waals surface area contributed by atoms with E-state index in [1.54, 1.807) is 41.4 Å². The van der Waals surface area contributed by atoms with Gasteiger partial charge in [0, 0.05) is 28.7 Å². The van der Waals surface area contributed by atoms with Crippen LogP contribution in [0.3, 0.4) is 0 Å². The monoisotopic (exact) mass is 630 g/mol. The molecule has 6 aromatic rings. The molecule has 1 amide bonds. The van der Waals surface area contributed by atoms with E-state index in [1.165, 1.54) is 6.07 Å². The highest BCUT2D eigenvalue weighted by molar-refractivity contribution is 6.02. The van der Waals surface area contributed by atoms with Crippen molar-refractivity contribution in [3.8, 4) is 5.69 Å². The first-order chi connectivity index (χ1) is 21.9. The number of amides is 1. The molecule has 0 spiro atoms. The molecule has 0 aliphatic rings. The number of benzene rings is 4. The summed E-state index contributed by atoms with van der Waals surface area (Å²) in [4.78, 5) is 30.2. The Labute approximate surface area is 258 Å². The Morgan fingerprint density at radius 1 is 1.00 bits per heavy atom. The second-order valence-corrected chi connectivity index (χ2v) is 10.2. The van der Waals surface area contributed by atoms with Crippen LogP contribution in [0.1, 0.15) is 22.6 Å². The fourth-order valence-electron chi connectivity index (χ4n) is 4.93. The summed E-state index contributed by atoms with van der Waals surface area (Å²) in [7, 11) is 0. The molecule has 6 rings (SSSR count). The molecular formula is C33H26F4N6O3. The average molecular weight is 631 g/mol. The largest absolute Gasteiger partial charge is 0.490 e. The Hall–Kier alpha value is -5.98. The number of aromatic amines is 1. The zero-order valence-electron chi connectivity index (χ0n) is 23.8. The first kappa shape index (κ1) is 31.4. The van der Waals surface area contributed by atoms with Crippen molar-refractivity contribution in [1.29, 1.82) is 5.41 Å². The van der Waals surface area contributed by atoms with E-state index in [4.69, 9.17) is 21.0 Å². The number of carbonyl (C=O) groups excluding carboxylic acids is 1. The van der Waals surface area contributed by atoms with Gasteiger partial charge >= 0.3 is 12.1 Å². The number of anilines is 1. The Kier molecular flexibility index (Phi) is 8.85. The molecule has 0 aliphatic carbocycles. The van der Waals surface area contributed by atoms with E-state index in [0.717, 1.165) is 33.1 Å². The molecule has 0 aliphatic heterocycles. The van der Waals surface area contributed by atoms with Crippen molar-refractivity contribution >= 4 is 45.3 Å². The number of carboxylic acid groups (broad SMARTS) is 1. The summed E-state index contributed by atoms with van der Waals surface area (Å²) in [6.07, 6.45) is -1.23. The molecule has 46 heavy (non-hydrogen) atoms. The highest BCUT2D eigenvalue weighted by atomic mass is 19.4. The van der Waals surface area contributed by atoms with Gasteiger partial charge in [0.25, 0.3) is 0 Å². The molecule has 0 radical (unpaired) electrons. The molecule has 0 fully saturated rings. The number of hydrogen-bond donors (Lipinski definition) is 5. The SMILES string of the molecule is N=C(N)c1ccc2[nH]cc(C(Cc3ccccc3)C(=O)Nc3ccc(-n4cnc5ccccc54)cc3F)c2c1.O=C(O)C(F)(F)F. The van der Waals surface area contributed by atoms with Crippen LogP contribution in [-0.2, 0) is 16.0 Å². The molecule has 0 saturated carbocycles. The molecule has 2 aromatic heterocycles. The number of nitrogen functional groups attached to an aromatic ring is 1. The number of imidazole rings is 1. The number of fused-ring (bicyclic) bond motifs is 2. The Balaban J connectivity index is 0.000000537. The van der Waals surface area contributed by atoms with Crippen LogP contribution in [0.25, 0.3) is 27.6 Å². The van der Waals surface area contributed by atoms with E-state index in [-0.39, 0.29) is 17.4 Å². The Bertz CT molecular complexity index is 2050. The number of carbonyl (C=O) groups is 2. The molecular weight excluding hydrogens is 604 g/mol. The third kappa shape index (κ3) is 6.88. The molecule has 13 heteroatoms. The van der Waals surface area contributed by atoms with Crippen LogP contribution in [0.15, 0.2) is 104 Å². The zero-order valence-corrected chi connectivity index (χ0v) is 23.8. The van der Waals surface area contributed by atoms with Crippen molar-refractivity contribution in [1.82, 2.24) is 14.5 Å². The molecule has 0 bridgehead atoms. The quantitative estimate of drug-likeness (QED) is 0.0773. The third-order valence-electron chi connectivity index (χ3n) is 7.18. The molecule has 1 atom stereocenters. The van der Waals surface area contributed by atoms with Gasteiger partial charge in [-0.25, -0.2) is 14.2 Å². The Morgan fingerprint density at radius 3 is 2.37 bits per heavy atom. The zero-order chi connectivity index (χ0) is 33.0. The predicted octanol–water partition coefficient (Wildman–Crippen LogP) is 6.53. The van der Waals surface area contributed by atoms with Crippen molar-refractivity contribution in [3.63, 3.8) is 0 Å². The number of para-hydroxylation sites is 2. The van der Waals surface area contributed by atoms with Gasteiger partial charge in [-0.1, -0.05) is 42.5 Å². The van der Waals surface area contributed by atoms with Crippen molar-refractivity contribution in [3.05, 3.63) is 126 Å². The number of halogens is 4. The van der Waals surface area contributed by atoms with Crippen molar-refractivity contribution < 1.29 is 32.3 Å². The van der Waals surface area contributed by atoms with E-state index < -0.39 is 23.9 Å². The van der Waals surface area contributed by atoms with Gasteiger partial charge in [0.15, 0.2) is 0 Å². The molecule has 1 unspecified atom stereocenters. The van der Waals surface area contributed by atoms with E-state index in [1.807, 2.05) is 60.7 Å². The lowest BCUT2D eigenvalue weighted by atomic mass is 9.90. The molecule has 6 N–H and O–H groups in total. The summed E-state index contributed by atoms with van der Waals surface area (Å²) < 4.78 is 48.9. The average Bonchev–Trinajstić information content (AvgIpc) is 3.65. The minimum absolute atomic E-state index is 0.0547. The maximum Gasteiger partial charge on any atom is 0.490 e. The lowest BCUT2D eigenvalue weighted by Crippen LogP contribution is -2.23. The van der Waals surface area contributed by atoms with Crippen LogP contribution in [0.4, 0.5) is 23.2 Å². The third-order valence-corrected chi connectivity index (χ3v) is 7.18. The predicted molar refractivity (Wildman–Crippen MR) is 166 cm³/mol. The number of nitrogens with zero attached hydrogens (tertiary/aromatic N) is 2. The van der Waals surface area contributed by atoms with Gasteiger partial charge in [-0.05, 0) is 60.0 Å². The van der Waals surface area contributed by atoms with Crippen LogP contribution in [0, 0.1) is 11.2 Å². The lowest BCUT2D eigenvalue weighted by Gasteiger charge is -2.18. The van der Waals surface area contributed by atoms with Crippen LogP contribution >= 0.6 is 0 Å². The van der Waals surface area contributed by atoms with Crippen molar-refractivity contribution in [2.75, 3.05) is 5.32 Å². The first-order valence-corrected chi connectivity index (χ1v) is 13.7. The summed E-state index contributed by atoms with van der Waals surface area (Å²) in [5.74, 6) is -4.32. The standard InChI is InChI=1S/C31H25FN6O.C2HF3O2/c32-25-16-21(38-18-36-28-8-4-5-9-29(28)38)11-13-27(25)37-31(39)23(14-19-6-2-1-3-7-19)24-17-35-26-12-10-20(30(33)34)15-22(24)26;3-2(4,5)1(6)7/h1-13,15-18,23,35H,14H2,(H3,33,34)(H,37,39);(H,6,7). The maximum absolute atomic E-state index is 15.3. The number of alkyl halides is 3. The number of rotatable bonds is 7. The normalized spacial score (nSPS) is 11.9. The van der Waals surface area contributed by atoms with Crippen LogP contribution in [0.5, 0.6) is 0 Å². The number of aliphatic carboxylic acids is 1. The fourth-order valence-corrected chi connectivity index (χ4v) is 4.93. The molecule has 2 heterocycles. The van der Waals surface area contributed by atoms with Gasteiger partial charge in [-0.3, -0.25) is 14.8 Å². The second kappa shape index (κ2) is 12.9. The number of carboxylic acids is 1. The van der Waals surface area contributed by atoms with Crippen molar-refractivity contribution in [2.45, 2.75) is 18.5 Å². The number of nitrogens with one attached hydrogen (secondary N) is 3. The van der Waals surface area contributed by atoms with Gasteiger partial charge < -0.3 is 21.1 Å². The fraction of sp³-hybridized carbons (Fsp3) is 0.0909. The molecule has 0 saturated heterocycles. The minimum atomic E-state index is -5.08. The van der Waals surface area contributed by atoms with Crippen LogP contribution < -0.4 is 11.1 Å². The maximum atomic E-state index is 15.3. The van der Waals surface area contributed by atoms with E-state index in [2.05, 4.69) is 15.3 Å². The van der Waals surface area contributed by atoms with Gasteiger partial charge in [0.1, 0.15) is 18.0 Å². The van der Waals surface area contributed by atoms with Crippen molar-refractivity contribution in [2.24, 2.45) is 5.73 Å². The summed E-state index contributed by atoms with van der Waals surface area (Å²) in [5.41, 5.74) is 11.2. The number of H-pyrrole nitrogens is 1. The van der Waals surface area contributed by atoms with E-state index in [0.29, 0.717) is 17.7 Å².